The Morgan fingerprint density at radius 1 is 1.38 bits per heavy atom. The summed E-state index contributed by atoms with van der Waals surface area (Å²) in [6.45, 7) is 5.35. The molecule has 0 bridgehead atoms. The molecule has 2 rings (SSSR count). The number of rotatable bonds is 4. The van der Waals surface area contributed by atoms with Gasteiger partial charge in [0, 0.05) is 18.8 Å². The number of carbonyl (C=O) groups excluding carboxylic acids is 1. The van der Waals surface area contributed by atoms with Gasteiger partial charge in [-0.1, -0.05) is 24.3 Å². The topological polar surface area (TPSA) is 56.4 Å². The van der Waals surface area contributed by atoms with Crippen molar-refractivity contribution in [3.05, 3.63) is 42.5 Å². The van der Waals surface area contributed by atoms with E-state index >= 15 is 0 Å². The Morgan fingerprint density at radius 3 is 3.00 bits per heavy atom. The Morgan fingerprint density at radius 2 is 2.19 bits per heavy atom. The molecule has 0 radical (unpaired) electrons. The zero-order chi connectivity index (χ0) is 15.1. The molecule has 0 spiro atoms. The first-order valence-corrected chi connectivity index (χ1v) is 7.38. The summed E-state index contributed by atoms with van der Waals surface area (Å²) in [4.78, 5) is 14.1. The lowest BCUT2D eigenvalue weighted by atomic mass is 10.0. The molecule has 3 N–H and O–H groups in total. The van der Waals surface area contributed by atoms with Crippen molar-refractivity contribution in [2.24, 2.45) is 0 Å². The molecular weight excluding hydrogens is 284 g/mol. The molecule has 21 heavy (non-hydrogen) atoms. The van der Waals surface area contributed by atoms with Crippen molar-refractivity contribution in [2.75, 3.05) is 24.5 Å². The Kier molecular flexibility index (Phi) is 5.57. The number of para-hydroxylation sites is 1. The van der Waals surface area contributed by atoms with Gasteiger partial charge >= 0.3 is 0 Å². The number of carbonyl (C=O) groups is 1. The van der Waals surface area contributed by atoms with Crippen LogP contribution in [0.1, 0.15) is 12.0 Å². The van der Waals surface area contributed by atoms with Gasteiger partial charge in [-0.05, 0) is 36.7 Å². The maximum absolute atomic E-state index is 12.0. The molecule has 0 aromatic heterocycles. The molecule has 0 saturated carbocycles. The summed E-state index contributed by atoms with van der Waals surface area (Å²) in [7, 11) is 0. The van der Waals surface area contributed by atoms with E-state index in [0.29, 0.717) is 18.2 Å². The fourth-order valence-corrected chi connectivity index (χ4v) is 2.46. The Balaban J connectivity index is 1.84. The lowest BCUT2D eigenvalue weighted by Crippen LogP contribution is -2.50. The summed E-state index contributed by atoms with van der Waals surface area (Å²) >= 11 is 5.01. The average molecular weight is 304 g/mol. The van der Waals surface area contributed by atoms with E-state index in [4.69, 9.17) is 12.2 Å². The van der Waals surface area contributed by atoms with E-state index in [0.717, 1.165) is 25.1 Å². The predicted octanol–water partition coefficient (Wildman–Crippen LogP) is 1.12. The van der Waals surface area contributed by atoms with Gasteiger partial charge in [-0.15, -0.1) is 6.58 Å². The minimum Gasteiger partial charge on any atom is -0.362 e. The molecule has 0 atom stereocenters. The van der Waals surface area contributed by atoms with Gasteiger partial charge in [0.1, 0.15) is 0 Å². The summed E-state index contributed by atoms with van der Waals surface area (Å²) in [6.07, 6.45) is 3.83. The zero-order valence-electron chi connectivity index (χ0n) is 11.9. The van der Waals surface area contributed by atoms with Crippen LogP contribution in [0.5, 0.6) is 0 Å². The summed E-state index contributed by atoms with van der Waals surface area (Å²) in [5.74, 6) is -0.116. The van der Waals surface area contributed by atoms with Crippen molar-refractivity contribution in [3.63, 3.8) is 0 Å². The van der Waals surface area contributed by atoms with E-state index in [9.17, 15) is 4.79 Å². The molecule has 1 amide bonds. The van der Waals surface area contributed by atoms with Crippen molar-refractivity contribution < 1.29 is 4.79 Å². The maximum Gasteiger partial charge on any atom is 0.257 e. The summed E-state index contributed by atoms with van der Waals surface area (Å²) < 4.78 is 0. The van der Waals surface area contributed by atoms with Crippen molar-refractivity contribution in [3.8, 4) is 0 Å². The Labute approximate surface area is 130 Å². The molecular formula is C15H20N4OS. The molecule has 1 heterocycles. The van der Waals surface area contributed by atoms with Crippen LogP contribution in [0, 0.1) is 0 Å². The molecule has 0 unspecified atom stereocenters. The monoisotopic (exact) mass is 304 g/mol. The van der Waals surface area contributed by atoms with Crippen molar-refractivity contribution in [1.29, 1.82) is 0 Å². The van der Waals surface area contributed by atoms with E-state index in [-0.39, 0.29) is 5.91 Å². The van der Waals surface area contributed by atoms with Crippen LogP contribution in [0.2, 0.25) is 0 Å². The third kappa shape index (κ3) is 4.46. The van der Waals surface area contributed by atoms with Crippen LogP contribution in [0.3, 0.4) is 0 Å². The number of anilines is 1. The highest BCUT2D eigenvalue weighted by Gasteiger charge is 2.18. The summed E-state index contributed by atoms with van der Waals surface area (Å²) in [6, 6.07) is 8.22. The number of nitrogens with one attached hydrogen (secondary N) is 3. The van der Waals surface area contributed by atoms with Crippen LogP contribution in [0.15, 0.2) is 36.9 Å². The molecule has 0 aliphatic carbocycles. The standard InChI is InChI=1S/C15H20N4OS/c1-2-9-16-15(21)18-17-14(20)11-19-10-5-7-12-6-3-4-8-13(12)19/h2-4,6,8H,1,5,7,9-11H2,(H,17,20)(H2,16,18,21). The Bertz CT molecular complexity index is 532. The molecule has 0 fully saturated rings. The second kappa shape index (κ2) is 7.64. The second-order valence-corrected chi connectivity index (χ2v) is 5.23. The largest absolute Gasteiger partial charge is 0.362 e. The van der Waals surface area contributed by atoms with Gasteiger partial charge in [0.15, 0.2) is 5.11 Å². The fraction of sp³-hybridized carbons (Fsp3) is 0.333. The highest BCUT2D eigenvalue weighted by molar-refractivity contribution is 7.80. The van der Waals surface area contributed by atoms with Crippen LogP contribution < -0.4 is 21.1 Å². The first-order chi connectivity index (χ1) is 10.2. The normalized spacial score (nSPS) is 13.0. The number of hydrazine groups is 1. The van der Waals surface area contributed by atoms with E-state index in [1.807, 2.05) is 12.1 Å². The Hall–Kier alpha value is -2.08. The zero-order valence-corrected chi connectivity index (χ0v) is 12.7. The summed E-state index contributed by atoms with van der Waals surface area (Å²) in [5, 5.41) is 3.26. The van der Waals surface area contributed by atoms with Gasteiger partial charge in [0.05, 0.1) is 6.54 Å². The van der Waals surface area contributed by atoms with Crippen molar-refractivity contribution >= 4 is 28.9 Å². The van der Waals surface area contributed by atoms with Gasteiger partial charge in [-0.3, -0.25) is 15.6 Å². The lowest BCUT2D eigenvalue weighted by molar-refractivity contribution is -0.120. The number of hydrogen-bond donors (Lipinski definition) is 3. The van der Waals surface area contributed by atoms with Crippen LogP contribution in [0.4, 0.5) is 5.69 Å². The smallest absolute Gasteiger partial charge is 0.257 e. The highest BCUT2D eigenvalue weighted by Crippen LogP contribution is 2.25. The third-order valence-corrected chi connectivity index (χ3v) is 3.51. The molecule has 6 heteroatoms. The number of thiocarbonyl (C=S) groups is 1. The lowest BCUT2D eigenvalue weighted by Gasteiger charge is -2.30. The van der Waals surface area contributed by atoms with Crippen LogP contribution in [0.25, 0.3) is 0 Å². The second-order valence-electron chi connectivity index (χ2n) is 4.83. The van der Waals surface area contributed by atoms with Gasteiger partial charge < -0.3 is 10.2 Å². The van der Waals surface area contributed by atoms with Gasteiger partial charge in [0.2, 0.25) is 0 Å². The SMILES string of the molecule is C=CCNC(=S)NNC(=O)CN1CCCc2ccccc21. The van der Waals surface area contributed by atoms with E-state index in [2.05, 4.69) is 39.8 Å². The average Bonchev–Trinajstić information content (AvgIpc) is 2.51. The first kappa shape index (κ1) is 15.3. The minimum atomic E-state index is -0.116. The van der Waals surface area contributed by atoms with E-state index in [1.54, 1.807) is 6.08 Å². The van der Waals surface area contributed by atoms with E-state index in [1.165, 1.54) is 5.56 Å². The first-order valence-electron chi connectivity index (χ1n) is 6.97. The molecule has 1 aromatic carbocycles. The predicted molar refractivity (Wildman–Crippen MR) is 89.1 cm³/mol. The third-order valence-electron chi connectivity index (χ3n) is 3.26. The molecule has 5 nitrogen and oxygen atoms in total. The number of benzene rings is 1. The molecule has 1 aliphatic heterocycles. The number of aryl methyl sites for hydroxylation is 1. The summed E-state index contributed by atoms with van der Waals surface area (Å²) in [5.41, 5.74) is 7.72. The van der Waals surface area contributed by atoms with Crippen molar-refractivity contribution in [1.82, 2.24) is 16.2 Å². The minimum absolute atomic E-state index is 0.116. The van der Waals surface area contributed by atoms with Crippen molar-refractivity contribution in [2.45, 2.75) is 12.8 Å². The molecule has 1 aliphatic rings. The van der Waals surface area contributed by atoms with Gasteiger partial charge in [-0.25, -0.2) is 0 Å². The number of hydrogen-bond acceptors (Lipinski definition) is 3. The van der Waals surface area contributed by atoms with Crippen LogP contribution in [-0.2, 0) is 11.2 Å². The quantitative estimate of drug-likeness (QED) is 0.442. The van der Waals surface area contributed by atoms with Gasteiger partial charge in [-0.2, -0.15) is 0 Å². The van der Waals surface area contributed by atoms with Crippen LogP contribution >= 0.6 is 12.2 Å². The molecule has 1 aromatic rings. The van der Waals surface area contributed by atoms with Gasteiger partial charge in [0.25, 0.3) is 5.91 Å². The van der Waals surface area contributed by atoms with E-state index < -0.39 is 0 Å². The molecule has 0 saturated heterocycles. The maximum atomic E-state index is 12.0. The number of fused-ring (bicyclic) bond motifs is 1. The number of nitrogens with zero attached hydrogens (tertiary/aromatic N) is 1. The molecule has 112 valence electrons. The number of amides is 1. The highest BCUT2D eigenvalue weighted by atomic mass is 32.1. The fourth-order valence-electron chi connectivity index (χ4n) is 2.32. The van der Waals surface area contributed by atoms with Crippen LogP contribution in [-0.4, -0.2) is 30.7 Å².